The monoisotopic (exact) mass is 362 g/mol. The van der Waals surface area contributed by atoms with Crippen molar-refractivity contribution >= 4 is 5.97 Å². The fourth-order valence-electron chi connectivity index (χ4n) is 2.32. The Morgan fingerprint density at radius 1 is 1.20 bits per heavy atom. The van der Waals surface area contributed by atoms with Gasteiger partial charge in [0.2, 0.25) is 0 Å². The van der Waals surface area contributed by atoms with E-state index in [4.69, 9.17) is 19.3 Å². The predicted molar refractivity (Wildman–Crippen MR) is 88.5 cm³/mol. The van der Waals surface area contributed by atoms with Crippen molar-refractivity contribution in [2.75, 3.05) is 6.61 Å². The fourth-order valence-corrected chi connectivity index (χ4v) is 2.32. The van der Waals surface area contributed by atoms with Gasteiger partial charge in [-0.3, -0.25) is 0 Å². The Hall–Kier alpha value is -1.03. The highest BCUT2D eigenvalue weighted by Gasteiger charge is 2.44. The zero-order valence-electron chi connectivity index (χ0n) is 15.2. The van der Waals surface area contributed by atoms with Crippen molar-refractivity contribution in [3.63, 3.8) is 0 Å². The van der Waals surface area contributed by atoms with Crippen LogP contribution in [0.15, 0.2) is 12.2 Å². The van der Waals surface area contributed by atoms with Crippen molar-refractivity contribution in [3.8, 4) is 0 Å². The second-order valence-corrected chi connectivity index (χ2v) is 7.16. The Balaban J connectivity index is 2.41. The maximum atomic E-state index is 11.5. The summed E-state index contributed by atoms with van der Waals surface area (Å²) in [6, 6.07) is 0. The highest BCUT2D eigenvalue weighted by Crippen LogP contribution is 2.23. The Morgan fingerprint density at radius 2 is 1.84 bits per heavy atom. The van der Waals surface area contributed by atoms with Gasteiger partial charge in [-0.1, -0.05) is 6.08 Å². The van der Waals surface area contributed by atoms with E-state index in [0.717, 1.165) is 0 Å². The number of ether oxygens (including phenoxy) is 3. The van der Waals surface area contributed by atoms with Crippen LogP contribution in [-0.4, -0.2) is 75.4 Å². The number of allylic oxidation sites excluding steroid dienone is 1. The molecule has 0 saturated carbocycles. The van der Waals surface area contributed by atoms with Gasteiger partial charge in [-0.25, -0.2) is 4.79 Å². The number of aliphatic hydroxyl groups is 4. The molecule has 0 amide bonds. The van der Waals surface area contributed by atoms with Crippen LogP contribution in [-0.2, 0) is 19.0 Å². The summed E-state index contributed by atoms with van der Waals surface area (Å²) in [7, 11) is 0. The van der Waals surface area contributed by atoms with Crippen LogP contribution in [0.1, 0.15) is 40.5 Å². The van der Waals surface area contributed by atoms with E-state index >= 15 is 0 Å². The molecule has 8 heteroatoms. The van der Waals surface area contributed by atoms with E-state index in [9.17, 15) is 20.1 Å². The van der Waals surface area contributed by atoms with Gasteiger partial charge in [0.1, 0.15) is 30.0 Å². The number of aliphatic hydroxyl groups excluding tert-OH is 4. The zero-order chi connectivity index (χ0) is 19.2. The lowest BCUT2D eigenvalue weighted by atomic mass is 9.99. The normalized spacial score (nSPS) is 31.9. The summed E-state index contributed by atoms with van der Waals surface area (Å²) < 4.78 is 16.0. The van der Waals surface area contributed by atoms with E-state index in [1.165, 1.54) is 6.08 Å². The van der Waals surface area contributed by atoms with Crippen LogP contribution < -0.4 is 0 Å². The minimum Gasteiger partial charge on any atom is -0.457 e. The lowest BCUT2D eigenvalue weighted by molar-refractivity contribution is -0.310. The molecule has 0 aromatic heterocycles. The van der Waals surface area contributed by atoms with E-state index in [0.29, 0.717) is 12.8 Å². The Labute approximate surface area is 148 Å². The summed E-state index contributed by atoms with van der Waals surface area (Å²) >= 11 is 0. The smallest absolute Gasteiger partial charge is 0.330 e. The number of rotatable bonds is 7. The fraction of sp³-hybridized carbons (Fsp3) is 0.824. The molecule has 0 spiro atoms. The quantitative estimate of drug-likeness (QED) is 0.364. The molecule has 1 aliphatic heterocycles. The van der Waals surface area contributed by atoms with E-state index in [1.54, 1.807) is 33.8 Å². The van der Waals surface area contributed by atoms with Gasteiger partial charge in [0, 0.05) is 6.08 Å². The first kappa shape index (κ1) is 22.0. The minimum absolute atomic E-state index is 0.343. The zero-order valence-corrected chi connectivity index (χ0v) is 15.2. The largest absolute Gasteiger partial charge is 0.457 e. The third kappa shape index (κ3) is 7.39. The SMILES string of the molecule is CC(CC/C=C/C(=O)OC(C)(C)C)OC1OC(CO)[C@H](O)C(O)[C@@H]1O. The first-order valence-electron chi connectivity index (χ1n) is 8.40. The summed E-state index contributed by atoms with van der Waals surface area (Å²) in [6.45, 7) is 6.61. The van der Waals surface area contributed by atoms with Crippen LogP contribution in [0.25, 0.3) is 0 Å². The van der Waals surface area contributed by atoms with Gasteiger partial charge in [0.05, 0.1) is 12.7 Å². The van der Waals surface area contributed by atoms with Crippen molar-refractivity contribution in [1.29, 1.82) is 0 Å². The molecule has 146 valence electrons. The van der Waals surface area contributed by atoms with Crippen molar-refractivity contribution in [3.05, 3.63) is 12.2 Å². The molecular weight excluding hydrogens is 332 g/mol. The van der Waals surface area contributed by atoms with Crippen molar-refractivity contribution in [2.24, 2.45) is 0 Å². The molecule has 4 unspecified atom stereocenters. The van der Waals surface area contributed by atoms with Crippen LogP contribution in [0.5, 0.6) is 0 Å². The summed E-state index contributed by atoms with van der Waals surface area (Å²) in [5.74, 6) is -0.421. The van der Waals surface area contributed by atoms with Gasteiger partial charge in [0.25, 0.3) is 0 Å². The second-order valence-electron chi connectivity index (χ2n) is 7.16. The number of carbonyl (C=O) groups excluding carboxylic acids is 1. The summed E-state index contributed by atoms with van der Waals surface area (Å²) in [6.07, 6.45) is -2.69. The molecule has 0 aromatic carbocycles. The Bertz CT molecular complexity index is 442. The van der Waals surface area contributed by atoms with E-state index in [2.05, 4.69) is 0 Å². The molecule has 1 rings (SSSR count). The molecule has 0 aromatic rings. The summed E-state index contributed by atoms with van der Waals surface area (Å²) in [4.78, 5) is 11.5. The van der Waals surface area contributed by atoms with Gasteiger partial charge in [-0.2, -0.15) is 0 Å². The van der Waals surface area contributed by atoms with E-state index in [-0.39, 0.29) is 6.10 Å². The van der Waals surface area contributed by atoms with Crippen LogP contribution in [0, 0.1) is 0 Å². The van der Waals surface area contributed by atoms with Crippen LogP contribution >= 0.6 is 0 Å². The topological polar surface area (TPSA) is 126 Å². The molecule has 0 bridgehead atoms. The van der Waals surface area contributed by atoms with Crippen molar-refractivity contribution in [2.45, 2.75) is 82.9 Å². The number of carbonyl (C=O) groups is 1. The molecule has 0 aliphatic carbocycles. The average Bonchev–Trinajstić information content (AvgIpc) is 2.50. The third-order valence-corrected chi connectivity index (χ3v) is 3.62. The van der Waals surface area contributed by atoms with Crippen molar-refractivity contribution < 1.29 is 39.4 Å². The summed E-state index contributed by atoms with van der Waals surface area (Å²) in [5, 5.41) is 38.5. The molecule has 1 heterocycles. The standard InChI is InChI=1S/C17H30O8/c1-10(7-5-6-8-12(19)25-17(2,3)4)23-16-15(22)14(21)13(20)11(9-18)24-16/h6,8,10-11,13-16,18,20-22H,5,7,9H2,1-4H3/b8-6+/t10?,11?,13-,14?,15-,16?/m0/s1. The van der Waals surface area contributed by atoms with Crippen LogP contribution in [0.2, 0.25) is 0 Å². The maximum absolute atomic E-state index is 11.5. The molecule has 25 heavy (non-hydrogen) atoms. The first-order valence-corrected chi connectivity index (χ1v) is 8.40. The van der Waals surface area contributed by atoms with E-state index < -0.39 is 48.9 Å². The van der Waals surface area contributed by atoms with Crippen molar-refractivity contribution in [1.82, 2.24) is 0 Å². The van der Waals surface area contributed by atoms with Gasteiger partial charge in [-0.15, -0.1) is 0 Å². The van der Waals surface area contributed by atoms with Gasteiger partial charge < -0.3 is 34.6 Å². The first-order chi connectivity index (χ1) is 11.5. The molecule has 1 aliphatic rings. The molecule has 8 nitrogen and oxygen atoms in total. The number of hydrogen-bond acceptors (Lipinski definition) is 8. The molecule has 1 saturated heterocycles. The lowest BCUT2D eigenvalue weighted by Gasteiger charge is -2.40. The minimum atomic E-state index is -1.46. The Morgan fingerprint density at radius 3 is 2.40 bits per heavy atom. The molecule has 1 fully saturated rings. The van der Waals surface area contributed by atoms with Gasteiger partial charge in [0.15, 0.2) is 6.29 Å². The highest BCUT2D eigenvalue weighted by atomic mass is 16.7. The van der Waals surface area contributed by atoms with Gasteiger partial charge >= 0.3 is 5.97 Å². The molecular formula is C17H30O8. The maximum Gasteiger partial charge on any atom is 0.330 e. The predicted octanol–water partition coefficient (Wildman–Crippen LogP) is -0.131. The third-order valence-electron chi connectivity index (χ3n) is 3.62. The highest BCUT2D eigenvalue weighted by molar-refractivity contribution is 5.82. The molecule has 6 atom stereocenters. The number of hydrogen-bond donors (Lipinski definition) is 4. The molecule has 0 radical (unpaired) electrons. The second kappa shape index (κ2) is 9.61. The van der Waals surface area contributed by atoms with Crippen LogP contribution in [0.4, 0.5) is 0 Å². The average molecular weight is 362 g/mol. The van der Waals surface area contributed by atoms with E-state index in [1.807, 2.05) is 0 Å². The van der Waals surface area contributed by atoms with Gasteiger partial charge in [-0.05, 0) is 40.5 Å². The molecule has 4 N–H and O–H groups in total. The number of esters is 1. The Kier molecular flexibility index (Phi) is 8.46. The lowest BCUT2D eigenvalue weighted by Crippen LogP contribution is -2.59. The summed E-state index contributed by atoms with van der Waals surface area (Å²) in [5.41, 5.74) is -0.541. The van der Waals surface area contributed by atoms with Crippen LogP contribution in [0.3, 0.4) is 0 Å².